The topological polar surface area (TPSA) is 86.9 Å². The zero-order valence-electron chi connectivity index (χ0n) is 21.7. The number of hydrogen-bond acceptors (Lipinski definition) is 6. The second-order valence-electron chi connectivity index (χ2n) is 10.8. The number of carbonyl (C=O) groups is 2. The van der Waals surface area contributed by atoms with Crippen LogP contribution in [0.2, 0.25) is 0 Å². The summed E-state index contributed by atoms with van der Waals surface area (Å²) in [5.41, 5.74) is 4.22. The molecule has 7 rings (SSSR count). The van der Waals surface area contributed by atoms with Crippen molar-refractivity contribution < 1.29 is 19.2 Å². The number of carboxylic acid groups (broad SMARTS) is 1. The van der Waals surface area contributed by atoms with E-state index in [2.05, 4.69) is 21.0 Å². The third kappa shape index (κ3) is 4.28. The van der Waals surface area contributed by atoms with Gasteiger partial charge in [0, 0.05) is 0 Å². The van der Waals surface area contributed by atoms with Crippen molar-refractivity contribution >= 4 is 52.8 Å². The third-order valence-corrected chi connectivity index (χ3v) is 11.2. The van der Waals surface area contributed by atoms with Crippen molar-refractivity contribution in [3.05, 3.63) is 71.3 Å². The first-order valence-corrected chi connectivity index (χ1v) is 15.9. The van der Waals surface area contributed by atoms with Crippen LogP contribution in [0.15, 0.2) is 59.1 Å². The van der Waals surface area contributed by atoms with Gasteiger partial charge in [-0.1, -0.05) is 0 Å². The molecule has 0 amide bonds. The number of aromatic carboxylic acids is 1. The average molecular weight is 584 g/mol. The molecule has 1 saturated heterocycles. The van der Waals surface area contributed by atoms with Gasteiger partial charge in [0.1, 0.15) is 0 Å². The van der Waals surface area contributed by atoms with Gasteiger partial charge in [0.25, 0.3) is 0 Å². The molecule has 1 aliphatic heterocycles. The van der Waals surface area contributed by atoms with Crippen molar-refractivity contribution in [2.45, 2.75) is 38.1 Å². The van der Waals surface area contributed by atoms with Gasteiger partial charge in [0.05, 0.1) is 0 Å². The number of hydrogen-bond donors (Lipinski definition) is 1. The molecule has 8 heteroatoms. The minimum absolute atomic E-state index is 0.0147. The molecule has 7 nitrogen and oxygen atoms in total. The molecule has 3 aromatic carbocycles. The summed E-state index contributed by atoms with van der Waals surface area (Å²) in [4.78, 5) is 30.4. The summed E-state index contributed by atoms with van der Waals surface area (Å²) in [5.74, 6) is -0.249. The SMILES string of the molecule is O=C(O)c1ccc([AsH]c2cc(N3CCN(C4CCCCC4)CC3)c3noc4c3c2C(=O)c2ccccc2-4)cc1. The Kier molecular flexibility index (Phi) is 6.29. The molecule has 2 heterocycles. The zero-order chi connectivity index (χ0) is 26.5. The molecule has 198 valence electrons. The molecule has 0 bridgehead atoms. The van der Waals surface area contributed by atoms with Crippen LogP contribution >= 0.6 is 0 Å². The predicted octanol–water partition coefficient (Wildman–Crippen LogP) is 3.58. The molecule has 1 aromatic heterocycles. The Morgan fingerprint density at radius 3 is 2.38 bits per heavy atom. The first kappa shape index (κ1) is 24.6. The molecule has 2 aliphatic carbocycles. The molecular formula is C31H30AsN3O4. The summed E-state index contributed by atoms with van der Waals surface area (Å²) in [6, 6.07) is 17.6. The van der Waals surface area contributed by atoms with Crippen molar-refractivity contribution in [3.8, 4) is 11.3 Å². The van der Waals surface area contributed by atoms with E-state index in [0.29, 0.717) is 22.9 Å². The fraction of sp³-hybridized carbons (Fsp3) is 0.323. The van der Waals surface area contributed by atoms with E-state index in [9.17, 15) is 14.7 Å². The summed E-state index contributed by atoms with van der Waals surface area (Å²) < 4.78 is 8.09. The summed E-state index contributed by atoms with van der Waals surface area (Å²) in [6.45, 7) is 3.90. The van der Waals surface area contributed by atoms with E-state index < -0.39 is 21.7 Å². The Bertz CT molecular complexity index is 1580. The first-order valence-electron chi connectivity index (χ1n) is 13.8. The minimum atomic E-state index is -0.938. The van der Waals surface area contributed by atoms with Crippen LogP contribution in [0.25, 0.3) is 22.2 Å². The van der Waals surface area contributed by atoms with Gasteiger partial charge in [-0.3, -0.25) is 0 Å². The van der Waals surface area contributed by atoms with E-state index >= 15 is 0 Å². The standard InChI is InChI=1S/C31H30AsN3O4/c36-29-22-8-4-5-9-23(22)30-27-26(29)24(32-20-12-10-19(11-13-20)31(37)38)18-25(28(27)33-39-30)35-16-14-34(15-17-35)21-6-2-1-3-7-21/h4-5,8-13,18,21,32H,1-3,6-7,14-17H2,(H,37,38). The van der Waals surface area contributed by atoms with Gasteiger partial charge in [-0.15, -0.1) is 0 Å². The molecule has 39 heavy (non-hydrogen) atoms. The van der Waals surface area contributed by atoms with Gasteiger partial charge < -0.3 is 0 Å². The van der Waals surface area contributed by atoms with Crippen molar-refractivity contribution in [2.24, 2.45) is 0 Å². The molecule has 1 N–H and O–H groups in total. The zero-order valence-corrected chi connectivity index (χ0v) is 23.7. The number of rotatable bonds is 5. The predicted molar refractivity (Wildman–Crippen MR) is 153 cm³/mol. The molecule has 3 aliphatic rings. The molecule has 1 unspecified atom stereocenters. The van der Waals surface area contributed by atoms with Crippen LogP contribution < -0.4 is 13.6 Å². The number of piperazine rings is 1. The third-order valence-electron chi connectivity index (χ3n) is 8.54. The number of carboxylic acids is 1. The Balaban J connectivity index is 1.30. The number of fused-ring (bicyclic) bond motifs is 2. The summed E-state index contributed by atoms with van der Waals surface area (Å²) in [5, 5.41) is 14.7. The van der Waals surface area contributed by atoms with Gasteiger partial charge in [-0.2, -0.15) is 0 Å². The normalized spacial score (nSPS) is 18.3. The number of anilines is 1. The van der Waals surface area contributed by atoms with E-state index in [4.69, 9.17) is 4.52 Å². The number of ketones is 1. The Morgan fingerprint density at radius 1 is 0.949 bits per heavy atom. The number of nitrogens with zero attached hydrogens (tertiary/aromatic N) is 3. The summed E-state index contributed by atoms with van der Waals surface area (Å²) in [7, 11) is 0. The van der Waals surface area contributed by atoms with Crippen LogP contribution in [0.1, 0.15) is 58.4 Å². The van der Waals surface area contributed by atoms with E-state index in [1.165, 1.54) is 32.1 Å². The second kappa shape index (κ2) is 9.96. The van der Waals surface area contributed by atoms with Gasteiger partial charge in [0.15, 0.2) is 0 Å². The van der Waals surface area contributed by atoms with Gasteiger partial charge in [-0.05, 0) is 0 Å². The molecule has 0 spiro atoms. The van der Waals surface area contributed by atoms with Crippen molar-refractivity contribution in [1.29, 1.82) is 0 Å². The molecule has 4 aromatic rings. The number of aromatic nitrogens is 1. The summed E-state index contributed by atoms with van der Waals surface area (Å²) >= 11 is -0.938. The number of carbonyl (C=O) groups excluding carboxylic acids is 1. The van der Waals surface area contributed by atoms with Crippen molar-refractivity contribution in [2.75, 3.05) is 31.1 Å². The van der Waals surface area contributed by atoms with E-state index in [0.717, 1.165) is 57.0 Å². The average Bonchev–Trinajstić information content (AvgIpc) is 3.42. The first-order chi connectivity index (χ1) is 19.1. The fourth-order valence-corrected chi connectivity index (χ4v) is 9.06. The fourth-order valence-electron chi connectivity index (χ4n) is 6.51. The van der Waals surface area contributed by atoms with Crippen molar-refractivity contribution in [3.63, 3.8) is 0 Å². The van der Waals surface area contributed by atoms with E-state index in [1.807, 2.05) is 36.4 Å². The Morgan fingerprint density at radius 2 is 1.67 bits per heavy atom. The van der Waals surface area contributed by atoms with E-state index in [1.54, 1.807) is 12.1 Å². The maximum absolute atomic E-state index is 13.9. The molecule has 2 fully saturated rings. The Hall–Kier alpha value is -3.41. The van der Waals surface area contributed by atoms with Gasteiger partial charge in [0.2, 0.25) is 0 Å². The van der Waals surface area contributed by atoms with Crippen molar-refractivity contribution in [1.82, 2.24) is 10.1 Å². The molecule has 1 atom stereocenters. The summed E-state index contributed by atoms with van der Waals surface area (Å²) in [6.07, 6.45) is 6.66. The van der Waals surface area contributed by atoms with Crippen LogP contribution in [0, 0.1) is 0 Å². The van der Waals surface area contributed by atoms with E-state index in [-0.39, 0.29) is 11.3 Å². The van der Waals surface area contributed by atoms with Crippen LogP contribution in [0.3, 0.4) is 0 Å². The quantitative estimate of drug-likeness (QED) is 0.317. The molecule has 1 saturated carbocycles. The van der Waals surface area contributed by atoms with Gasteiger partial charge >= 0.3 is 234 Å². The monoisotopic (exact) mass is 583 g/mol. The second-order valence-corrected chi connectivity index (χ2v) is 13.6. The number of benzene rings is 3. The van der Waals surface area contributed by atoms with Crippen LogP contribution in [0.5, 0.6) is 0 Å². The molecular weight excluding hydrogens is 553 g/mol. The van der Waals surface area contributed by atoms with Crippen LogP contribution in [-0.4, -0.2) is 74.9 Å². The molecule has 0 radical (unpaired) electrons. The van der Waals surface area contributed by atoms with Crippen LogP contribution in [0.4, 0.5) is 5.69 Å². The van der Waals surface area contributed by atoms with Crippen LogP contribution in [-0.2, 0) is 0 Å². The Labute approximate surface area is 233 Å². The van der Waals surface area contributed by atoms with Gasteiger partial charge in [-0.25, -0.2) is 0 Å². The maximum atomic E-state index is 13.9.